The molecule has 0 amide bonds. The molecule has 3 heterocycles. The first-order chi connectivity index (χ1) is 10.4. The maximum absolute atomic E-state index is 5.87. The monoisotopic (exact) mass is 277 g/mol. The molecule has 0 saturated carbocycles. The minimum atomic E-state index is 0.0155. The van der Waals surface area contributed by atoms with Crippen LogP contribution >= 0.6 is 0 Å². The first-order valence-electron chi connectivity index (χ1n) is 7.07. The van der Waals surface area contributed by atoms with Crippen molar-refractivity contribution in [2.45, 2.75) is 12.3 Å². The third-order valence-electron chi connectivity index (χ3n) is 3.87. The molecule has 0 fully saturated rings. The number of ether oxygens (including phenoxy) is 1. The van der Waals surface area contributed by atoms with E-state index in [0.717, 1.165) is 35.7 Å². The van der Waals surface area contributed by atoms with Gasteiger partial charge in [-0.15, -0.1) is 0 Å². The third kappa shape index (κ3) is 2.09. The Morgan fingerprint density at radius 3 is 2.95 bits per heavy atom. The summed E-state index contributed by atoms with van der Waals surface area (Å²) >= 11 is 0. The fourth-order valence-electron chi connectivity index (χ4n) is 2.93. The molecule has 0 spiro atoms. The topological polar surface area (TPSA) is 50.8 Å². The van der Waals surface area contributed by atoms with E-state index in [4.69, 9.17) is 4.74 Å². The number of hydrogen-bond acceptors (Lipinski definition) is 3. The molecule has 2 aromatic heterocycles. The summed E-state index contributed by atoms with van der Waals surface area (Å²) in [5, 5.41) is 0. The molecule has 3 aromatic rings. The minimum Gasteiger partial charge on any atom is -0.493 e. The number of aromatic nitrogens is 3. The molecule has 1 aliphatic heterocycles. The lowest BCUT2D eigenvalue weighted by Gasteiger charge is -2.18. The smallest absolute Gasteiger partial charge is 0.126 e. The van der Waals surface area contributed by atoms with Gasteiger partial charge in [-0.3, -0.25) is 4.98 Å². The van der Waals surface area contributed by atoms with E-state index in [1.807, 2.05) is 30.6 Å². The molecular weight excluding hydrogens is 262 g/mol. The van der Waals surface area contributed by atoms with Gasteiger partial charge in [0.15, 0.2) is 0 Å². The van der Waals surface area contributed by atoms with Crippen LogP contribution in [-0.2, 0) is 6.42 Å². The van der Waals surface area contributed by atoms with Crippen molar-refractivity contribution in [1.82, 2.24) is 15.0 Å². The quantitative estimate of drug-likeness (QED) is 0.801. The van der Waals surface area contributed by atoms with E-state index in [1.54, 1.807) is 6.33 Å². The average Bonchev–Trinajstić information content (AvgIpc) is 3.20. The van der Waals surface area contributed by atoms with Gasteiger partial charge in [0.05, 0.1) is 24.5 Å². The molecule has 0 saturated heterocycles. The summed E-state index contributed by atoms with van der Waals surface area (Å²) in [7, 11) is 0. The van der Waals surface area contributed by atoms with Crippen LogP contribution in [0.4, 0.5) is 0 Å². The van der Waals surface area contributed by atoms with Crippen molar-refractivity contribution in [3.05, 3.63) is 77.6 Å². The molecular formula is C17H15N3O. The summed E-state index contributed by atoms with van der Waals surface area (Å²) in [5.41, 5.74) is 4.43. The highest BCUT2D eigenvalue weighted by Crippen LogP contribution is 2.39. The highest BCUT2D eigenvalue weighted by atomic mass is 16.5. The van der Waals surface area contributed by atoms with Crippen molar-refractivity contribution in [3.8, 4) is 5.75 Å². The van der Waals surface area contributed by atoms with Gasteiger partial charge in [0, 0.05) is 30.1 Å². The Labute approximate surface area is 122 Å². The molecule has 4 nitrogen and oxygen atoms in total. The molecule has 1 aromatic carbocycles. The van der Waals surface area contributed by atoms with Crippen LogP contribution in [0.2, 0.25) is 0 Å². The van der Waals surface area contributed by atoms with Crippen LogP contribution in [0, 0.1) is 0 Å². The molecule has 104 valence electrons. The van der Waals surface area contributed by atoms with Crippen LogP contribution in [-0.4, -0.2) is 21.6 Å². The van der Waals surface area contributed by atoms with E-state index in [9.17, 15) is 0 Å². The molecule has 0 radical (unpaired) electrons. The van der Waals surface area contributed by atoms with Gasteiger partial charge in [-0.2, -0.15) is 0 Å². The summed E-state index contributed by atoms with van der Waals surface area (Å²) in [6, 6.07) is 12.3. The Kier molecular flexibility index (Phi) is 2.92. The van der Waals surface area contributed by atoms with Crippen molar-refractivity contribution in [2.75, 3.05) is 6.61 Å². The standard InChI is InChI=1S/C17H15N3O/c1-2-8-19-14(6-1)16(15-10-18-11-20-15)13-5-3-4-12-7-9-21-17(12)13/h1-6,8,10-11,16H,7,9H2,(H,18,20). The number of benzene rings is 1. The van der Waals surface area contributed by atoms with E-state index in [0.29, 0.717) is 0 Å². The first-order valence-corrected chi connectivity index (χ1v) is 7.07. The zero-order valence-electron chi connectivity index (χ0n) is 11.5. The van der Waals surface area contributed by atoms with E-state index >= 15 is 0 Å². The maximum atomic E-state index is 5.87. The van der Waals surface area contributed by atoms with Crippen LogP contribution in [0.3, 0.4) is 0 Å². The van der Waals surface area contributed by atoms with E-state index < -0.39 is 0 Å². The fourth-order valence-corrected chi connectivity index (χ4v) is 2.93. The van der Waals surface area contributed by atoms with E-state index in [-0.39, 0.29) is 5.92 Å². The van der Waals surface area contributed by atoms with E-state index in [2.05, 4.69) is 33.2 Å². The van der Waals surface area contributed by atoms with Crippen LogP contribution < -0.4 is 4.74 Å². The lowest BCUT2D eigenvalue weighted by molar-refractivity contribution is 0.353. The predicted molar refractivity (Wildman–Crippen MR) is 79.4 cm³/mol. The number of H-pyrrole nitrogens is 1. The number of nitrogens with one attached hydrogen (secondary N) is 1. The summed E-state index contributed by atoms with van der Waals surface area (Å²) in [4.78, 5) is 11.9. The van der Waals surface area contributed by atoms with Crippen LogP contribution in [0.15, 0.2) is 55.1 Å². The van der Waals surface area contributed by atoms with Crippen molar-refractivity contribution >= 4 is 0 Å². The lowest BCUT2D eigenvalue weighted by atomic mass is 9.90. The van der Waals surface area contributed by atoms with Gasteiger partial charge in [0.2, 0.25) is 0 Å². The molecule has 1 atom stereocenters. The Hall–Kier alpha value is -2.62. The van der Waals surface area contributed by atoms with Gasteiger partial charge in [-0.1, -0.05) is 24.3 Å². The summed E-state index contributed by atoms with van der Waals surface area (Å²) in [6.07, 6.45) is 6.35. The summed E-state index contributed by atoms with van der Waals surface area (Å²) in [5.74, 6) is 1.02. The van der Waals surface area contributed by atoms with Gasteiger partial charge < -0.3 is 9.72 Å². The number of nitrogens with zero attached hydrogens (tertiary/aromatic N) is 2. The first kappa shape index (κ1) is 12.1. The molecule has 4 rings (SSSR count). The van der Waals surface area contributed by atoms with Crippen LogP contribution in [0.1, 0.15) is 28.4 Å². The van der Waals surface area contributed by atoms with Gasteiger partial charge >= 0.3 is 0 Å². The Morgan fingerprint density at radius 2 is 2.14 bits per heavy atom. The number of pyridine rings is 1. The zero-order chi connectivity index (χ0) is 14.1. The van der Waals surface area contributed by atoms with Gasteiger partial charge in [-0.05, 0) is 17.7 Å². The third-order valence-corrected chi connectivity index (χ3v) is 3.87. The zero-order valence-corrected chi connectivity index (χ0v) is 11.5. The number of imidazole rings is 1. The van der Waals surface area contributed by atoms with Crippen LogP contribution in [0.25, 0.3) is 0 Å². The largest absolute Gasteiger partial charge is 0.493 e. The number of aromatic amines is 1. The Morgan fingerprint density at radius 1 is 1.14 bits per heavy atom. The number of hydrogen-bond donors (Lipinski definition) is 1. The number of para-hydroxylation sites is 1. The second-order valence-corrected chi connectivity index (χ2v) is 5.13. The fraction of sp³-hybridized carbons (Fsp3) is 0.176. The highest BCUT2D eigenvalue weighted by Gasteiger charge is 2.26. The van der Waals surface area contributed by atoms with E-state index in [1.165, 1.54) is 5.56 Å². The molecule has 1 aliphatic rings. The Bertz CT molecular complexity index is 738. The summed E-state index contributed by atoms with van der Waals surface area (Å²) < 4.78 is 5.87. The maximum Gasteiger partial charge on any atom is 0.126 e. The van der Waals surface area contributed by atoms with Crippen molar-refractivity contribution in [3.63, 3.8) is 0 Å². The highest BCUT2D eigenvalue weighted by molar-refractivity contribution is 5.51. The number of rotatable bonds is 3. The molecule has 21 heavy (non-hydrogen) atoms. The normalized spacial score (nSPS) is 14.5. The van der Waals surface area contributed by atoms with Crippen molar-refractivity contribution < 1.29 is 4.74 Å². The Balaban J connectivity index is 1.90. The number of fused-ring (bicyclic) bond motifs is 1. The van der Waals surface area contributed by atoms with Gasteiger partial charge in [0.25, 0.3) is 0 Å². The lowest BCUT2D eigenvalue weighted by Crippen LogP contribution is -2.07. The van der Waals surface area contributed by atoms with Gasteiger partial charge in [-0.25, -0.2) is 4.98 Å². The second-order valence-electron chi connectivity index (χ2n) is 5.13. The molecule has 0 aliphatic carbocycles. The molecule has 4 heteroatoms. The van der Waals surface area contributed by atoms with Crippen LogP contribution in [0.5, 0.6) is 5.75 Å². The molecule has 1 N–H and O–H groups in total. The molecule has 0 bridgehead atoms. The molecule has 1 unspecified atom stereocenters. The predicted octanol–water partition coefficient (Wildman–Crippen LogP) is 2.92. The van der Waals surface area contributed by atoms with Gasteiger partial charge in [0.1, 0.15) is 5.75 Å². The SMILES string of the molecule is c1ccc(C(c2cnc[nH]2)c2cccc3c2OCC3)nc1. The van der Waals surface area contributed by atoms with Crippen molar-refractivity contribution in [1.29, 1.82) is 0 Å². The second kappa shape index (κ2) is 5.05. The average molecular weight is 277 g/mol. The van der Waals surface area contributed by atoms with Crippen molar-refractivity contribution in [2.24, 2.45) is 0 Å². The minimum absolute atomic E-state index is 0.0155. The summed E-state index contributed by atoms with van der Waals surface area (Å²) in [6.45, 7) is 0.754.